The third-order valence-corrected chi connectivity index (χ3v) is 6.42. The van der Waals surface area contributed by atoms with Gasteiger partial charge in [0.25, 0.3) is 5.91 Å². The second-order valence-electron chi connectivity index (χ2n) is 8.46. The minimum absolute atomic E-state index is 0.0335. The Balaban J connectivity index is 1.75. The van der Waals surface area contributed by atoms with Crippen molar-refractivity contribution in [3.63, 3.8) is 0 Å². The van der Waals surface area contributed by atoms with Gasteiger partial charge in [-0.05, 0) is 48.4 Å². The van der Waals surface area contributed by atoms with E-state index in [4.69, 9.17) is 4.74 Å². The van der Waals surface area contributed by atoms with E-state index < -0.39 is 21.6 Å². The predicted octanol–water partition coefficient (Wildman–Crippen LogP) is 4.11. The third-order valence-electron chi connectivity index (χ3n) is 5.31. The topological polar surface area (TPSA) is 66.9 Å². The van der Waals surface area contributed by atoms with Crippen LogP contribution in [0.15, 0.2) is 47.4 Å². The number of halogens is 3. The van der Waals surface area contributed by atoms with Crippen LogP contribution in [-0.2, 0) is 16.0 Å². The number of amides is 1. The van der Waals surface area contributed by atoms with Crippen molar-refractivity contribution in [2.75, 3.05) is 43.9 Å². The number of benzene rings is 2. The molecule has 1 amide bonds. The van der Waals surface area contributed by atoms with Crippen LogP contribution in [0.1, 0.15) is 29.8 Å². The molecule has 1 aliphatic heterocycles. The lowest BCUT2D eigenvalue weighted by Crippen LogP contribution is -2.48. The number of sulfone groups is 1. The molecule has 33 heavy (non-hydrogen) atoms. The molecule has 0 aromatic heterocycles. The van der Waals surface area contributed by atoms with Gasteiger partial charge in [0.05, 0.1) is 22.6 Å². The second-order valence-corrected chi connectivity index (χ2v) is 10.5. The normalized spacial score (nSPS) is 15.1. The van der Waals surface area contributed by atoms with Gasteiger partial charge in [-0.2, -0.15) is 13.2 Å². The Kier molecular flexibility index (Phi) is 7.26. The van der Waals surface area contributed by atoms with E-state index in [0.717, 1.165) is 18.4 Å². The van der Waals surface area contributed by atoms with Gasteiger partial charge in [-0.3, -0.25) is 4.79 Å². The summed E-state index contributed by atoms with van der Waals surface area (Å²) in [5, 5.41) is 0. The second kappa shape index (κ2) is 9.62. The highest BCUT2D eigenvalue weighted by atomic mass is 32.2. The van der Waals surface area contributed by atoms with Crippen LogP contribution >= 0.6 is 0 Å². The lowest BCUT2D eigenvalue weighted by molar-refractivity contribution is -0.137. The third kappa shape index (κ3) is 6.19. The zero-order valence-corrected chi connectivity index (χ0v) is 19.5. The first-order valence-corrected chi connectivity index (χ1v) is 12.4. The maximum absolute atomic E-state index is 13.3. The molecule has 1 fully saturated rings. The number of nitrogens with zero attached hydrogens (tertiary/aromatic N) is 2. The van der Waals surface area contributed by atoms with Crippen LogP contribution < -0.4 is 9.64 Å². The minimum atomic E-state index is -4.39. The van der Waals surface area contributed by atoms with E-state index in [0.29, 0.717) is 44.2 Å². The highest BCUT2D eigenvalue weighted by molar-refractivity contribution is 7.90. The van der Waals surface area contributed by atoms with Gasteiger partial charge in [-0.25, -0.2) is 8.42 Å². The number of carbonyl (C=O) groups excluding carboxylic acids is 1. The molecule has 0 atom stereocenters. The SMILES string of the molecule is CC(C)COc1ccc(S(C)(=O)=O)cc1C(=O)N1CCN(c2ccc(C(F)(F)F)cc2)CC1. The molecule has 0 N–H and O–H groups in total. The molecular weight excluding hydrogens is 457 g/mol. The summed E-state index contributed by atoms with van der Waals surface area (Å²) < 4.78 is 68.1. The predicted molar refractivity (Wildman–Crippen MR) is 119 cm³/mol. The van der Waals surface area contributed by atoms with E-state index in [9.17, 15) is 26.4 Å². The molecule has 2 aromatic carbocycles. The summed E-state index contributed by atoms with van der Waals surface area (Å²) in [4.78, 5) is 16.8. The molecule has 180 valence electrons. The van der Waals surface area contributed by atoms with Crippen LogP contribution in [0.25, 0.3) is 0 Å². The molecule has 0 saturated carbocycles. The van der Waals surface area contributed by atoms with E-state index >= 15 is 0 Å². The van der Waals surface area contributed by atoms with Crippen molar-refractivity contribution >= 4 is 21.4 Å². The van der Waals surface area contributed by atoms with Crippen molar-refractivity contribution in [1.82, 2.24) is 4.90 Å². The van der Waals surface area contributed by atoms with E-state index in [1.807, 2.05) is 18.7 Å². The molecule has 3 rings (SSSR count). The van der Waals surface area contributed by atoms with E-state index in [1.54, 1.807) is 4.90 Å². The Morgan fingerprint density at radius 1 is 1.03 bits per heavy atom. The van der Waals surface area contributed by atoms with Gasteiger partial charge in [-0.1, -0.05) is 13.8 Å². The molecular formula is C23H27F3N2O4S. The van der Waals surface area contributed by atoms with Crippen LogP contribution in [0, 0.1) is 5.92 Å². The summed E-state index contributed by atoms with van der Waals surface area (Å²) >= 11 is 0. The van der Waals surface area contributed by atoms with Gasteiger partial charge < -0.3 is 14.5 Å². The fraction of sp³-hybridized carbons (Fsp3) is 0.435. The lowest BCUT2D eigenvalue weighted by atomic mass is 10.1. The Hall–Kier alpha value is -2.75. The summed E-state index contributed by atoms with van der Waals surface area (Å²) in [7, 11) is -3.51. The van der Waals surface area contributed by atoms with Crippen LogP contribution in [0.4, 0.5) is 18.9 Å². The van der Waals surface area contributed by atoms with E-state index in [1.165, 1.54) is 30.3 Å². The van der Waals surface area contributed by atoms with Crippen molar-refractivity contribution < 1.29 is 31.1 Å². The quantitative estimate of drug-likeness (QED) is 0.618. The maximum Gasteiger partial charge on any atom is 0.416 e. The summed E-state index contributed by atoms with van der Waals surface area (Å²) in [6, 6.07) is 9.20. The largest absolute Gasteiger partial charge is 0.492 e. The van der Waals surface area contributed by atoms with Gasteiger partial charge in [0, 0.05) is 38.1 Å². The van der Waals surface area contributed by atoms with Crippen molar-refractivity contribution in [2.24, 2.45) is 5.92 Å². The fourth-order valence-electron chi connectivity index (χ4n) is 3.49. The molecule has 1 heterocycles. The molecule has 6 nitrogen and oxygen atoms in total. The Morgan fingerprint density at radius 3 is 2.15 bits per heavy atom. The number of hydrogen-bond acceptors (Lipinski definition) is 5. The lowest BCUT2D eigenvalue weighted by Gasteiger charge is -2.36. The minimum Gasteiger partial charge on any atom is -0.492 e. The zero-order chi connectivity index (χ0) is 24.4. The van der Waals surface area contributed by atoms with E-state index in [2.05, 4.69) is 0 Å². The van der Waals surface area contributed by atoms with Crippen LogP contribution in [-0.4, -0.2) is 58.3 Å². The fourth-order valence-corrected chi connectivity index (χ4v) is 4.14. The first-order chi connectivity index (χ1) is 15.4. The number of ether oxygens (including phenoxy) is 1. The molecule has 1 saturated heterocycles. The van der Waals surface area contributed by atoms with Gasteiger partial charge in [0.2, 0.25) is 0 Å². The van der Waals surface area contributed by atoms with Gasteiger partial charge >= 0.3 is 6.18 Å². The Labute approximate surface area is 191 Å². The molecule has 0 unspecified atom stereocenters. The maximum atomic E-state index is 13.3. The molecule has 10 heteroatoms. The number of alkyl halides is 3. The molecule has 2 aromatic rings. The summed E-state index contributed by atoms with van der Waals surface area (Å²) in [5.74, 6) is 0.201. The highest BCUT2D eigenvalue weighted by Gasteiger charge is 2.31. The number of piperazine rings is 1. The monoisotopic (exact) mass is 484 g/mol. The molecule has 1 aliphatic rings. The van der Waals surface area contributed by atoms with E-state index in [-0.39, 0.29) is 22.3 Å². The average molecular weight is 485 g/mol. The number of anilines is 1. The number of rotatable bonds is 6. The van der Waals surface area contributed by atoms with Gasteiger partial charge in [0.1, 0.15) is 5.75 Å². The molecule has 0 radical (unpaired) electrons. The first-order valence-electron chi connectivity index (χ1n) is 10.5. The highest BCUT2D eigenvalue weighted by Crippen LogP contribution is 2.31. The van der Waals surface area contributed by atoms with Crippen LogP contribution in [0.2, 0.25) is 0 Å². The van der Waals surface area contributed by atoms with Crippen LogP contribution in [0.3, 0.4) is 0 Å². The van der Waals surface area contributed by atoms with Crippen LogP contribution in [0.5, 0.6) is 5.75 Å². The smallest absolute Gasteiger partial charge is 0.416 e. The summed E-state index contributed by atoms with van der Waals surface area (Å²) in [6.07, 6.45) is -3.31. The summed E-state index contributed by atoms with van der Waals surface area (Å²) in [5.41, 5.74) is 0.122. The zero-order valence-electron chi connectivity index (χ0n) is 18.7. The number of carbonyl (C=O) groups is 1. The molecule has 0 bridgehead atoms. The van der Waals surface area contributed by atoms with Crippen molar-refractivity contribution in [3.8, 4) is 5.75 Å². The number of hydrogen-bond donors (Lipinski definition) is 0. The Bertz CT molecular complexity index is 1090. The van der Waals surface area contributed by atoms with Crippen molar-refractivity contribution in [2.45, 2.75) is 24.9 Å². The first kappa shape index (κ1) is 24.9. The van der Waals surface area contributed by atoms with Gasteiger partial charge in [0.15, 0.2) is 9.84 Å². The Morgan fingerprint density at radius 2 is 1.64 bits per heavy atom. The molecule has 0 aliphatic carbocycles. The van der Waals surface area contributed by atoms with Crippen molar-refractivity contribution in [3.05, 3.63) is 53.6 Å². The average Bonchev–Trinajstić information content (AvgIpc) is 2.76. The van der Waals surface area contributed by atoms with Crippen molar-refractivity contribution in [1.29, 1.82) is 0 Å². The van der Waals surface area contributed by atoms with Gasteiger partial charge in [-0.15, -0.1) is 0 Å². The standard InChI is InChI=1S/C23H27F3N2O4S/c1-16(2)15-32-21-9-8-19(33(3,30)31)14-20(21)22(29)28-12-10-27(11-13-28)18-6-4-17(5-7-18)23(24,25)26/h4-9,14,16H,10-13,15H2,1-3H3. The molecule has 0 spiro atoms. The summed E-state index contributed by atoms with van der Waals surface area (Å²) in [6.45, 7) is 5.86.